The monoisotopic (exact) mass is 263 g/mol. The number of hydrogen-bond acceptors (Lipinski definition) is 3. The van der Waals surface area contributed by atoms with E-state index in [1.165, 1.54) is 6.07 Å². The van der Waals surface area contributed by atoms with E-state index < -0.39 is 6.43 Å². The molecule has 1 aromatic heterocycles. The second-order valence-electron chi connectivity index (χ2n) is 4.31. The number of halogens is 2. The van der Waals surface area contributed by atoms with Gasteiger partial charge in [-0.3, -0.25) is 4.98 Å². The largest absolute Gasteiger partial charge is 0.399 e. The molecule has 0 fully saturated rings. The van der Waals surface area contributed by atoms with E-state index in [4.69, 9.17) is 5.73 Å². The number of alkyl halides is 2. The summed E-state index contributed by atoms with van der Waals surface area (Å²) in [5, 5.41) is 2.98. The molecule has 0 amide bonds. The summed E-state index contributed by atoms with van der Waals surface area (Å²) in [4.78, 5) is 4.15. The second-order valence-corrected chi connectivity index (χ2v) is 4.31. The average Bonchev–Trinajstić information content (AvgIpc) is 2.39. The minimum absolute atomic E-state index is 0.0833. The molecule has 0 spiro atoms. The Hall–Kier alpha value is -2.17. The summed E-state index contributed by atoms with van der Waals surface area (Å²) in [5.41, 5.74) is 8.01. The van der Waals surface area contributed by atoms with Crippen molar-refractivity contribution in [2.75, 3.05) is 11.1 Å². The van der Waals surface area contributed by atoms with Crippen molar-refractivity contribution in [3.63, 3.8) is 0 Å². The van der Waals surface area contributed by atoms with Gasteiger partial charge in [-0.05, 0) is 36.8 Å². The predicted octanol–water partition coefficient (Wildman–Crippen LogP) is 3.52. The average molecular weight is 263 g/mol. The Morgan fingerprint density at radius 1 is 1.26 bits per heavy atom. The molecule has 19 heavy (non-hydrogen) atoms. The first kappa shape index (κ1) is 13.3. The molecule has 0 aliphatic heterocycles. The summed E-state index contributed by atoms with van der Waals surface area (Å²) in [7, 11) is 0. The van der Waals surface area contributed by atoms with Gasteiger partial charge in [-0.2, -0.15) is 0 Å². The van der Waals surface area contributed by atoms with Gasteiger partial charge in [-0.1, -0.05) is 6.07 Å². The molecule has 0 saturated carbocycles. The second kappa shape index (κ2) is 5.65. The molecule has 0 radical (unpaired) electrons. The summed E-state index contributed by atoms with van der Waals surface area (Å²) < 4.78 is 25.8. The minimum Gasteiger partial charge on any atom is -0.399 e. The van der Waals surface area contributed by atoms with Crippen molar-refractivity contribution in [1.82, 2.24) is 4.98 Å². The number of nitrogen functional groups attached to an aromatic ring is 1. The highest BCUT2D eigenvalue weighted by Gasteiger charge is 2.13. The fourth-order valence-corrected chi connectivity index (χ4v) is 1.72. The van der Waals surface area contributed by atoms with Gasteiger partial charge in [0, 0.05) is 35.4 Å². The highest BCUT2D eigenvalue weighted by atomic mass is 19.3. The van der Waals surface area contributed by atoms with Crippen LogP contribution in [0.15, 0.2) is 36.5 Å². The van der Waals surface area contributed by atoms with E-state index in [1.54, 1.807) is 18.3 Å². The summed E-state index contributed by atoms with van der Waals surface area (Å²) in [6.07, 6.45) is -0.830. The molecule has 0 aliphatic carbocycles. The van der Waals surface area contributed by atoms with Crippen molar-refractivity contribution in [2.24, 2.45) is 0 Å². The van der Waals surface area contributed by atoms with E-state index >= 15 is 0 Å². The lowest BCUT2D eigenvalue weighted by atomic mass is 10.1. The lowest BCUT2D eigenvalue weighted by molar-refractivity contribution is 0.152. The number of nitrogens with one attached hydrogen (secondary N) is 1. The Balaban J connectivity index is 2.13. The van der Waals surface area contributed by atoms with Crippen LogP contribution in [0, 0.1) is 6.92 Å². The lowest BCUT2D eigenvalue weighted by Crippen LogP contribution is -2.04. The van der Waals surface area contributed by atoms with Crippen LogP contribution in [0.3, 0.4) is 0 Å². The number of benzene rings is 1. The molecule has 1 aromatic carbocycles. The van der Waals surface area contributed by atoms with Crippen LogP contribution in [-0.2, 0) is 6.54 Å². The molecular formula is C14H15F2N3. The zero-order chi connectivity index (χ0) is 13.8. The van der Waals surface area contributed by atoms with E-state index in [0.717, 1.165) is 11.3 Å². The SMILES string of the molecule is Cc1ccc(CNc2ccc(N)cc2C(F)F)cn1. The van der Waals surface area contributed by atoms with Crippen molar-refractivity contribution in [3.05, 3.63) is 53.3 Å². The molecule has 0 unspecified atom stereocenters. The lowest BCUT2D eigenvalue weighted by Gasteiger charge is -2.12. The number of nitrogens with zero attached hydrogens (tertiary/aromatic N) is 1. The normalized spacial score (nSPS) is 10.7. The van der Waals surface area contributed by atoms with Gasteiger partial charge in [0.1, 0.15) is 0 Å². The summed E-state index contributed by atoms with van der Waals surface area (Å²) in [6.45, 7) is 2.34. The topological polar surface area (TPSA) is 50.9 Å². The molecule has 3 nitrogen and oxygen atoms in total. The number of aryl methyl sites for hydroxylation is 1. The van der Waals surface area contributed by atoms with Crippen molar-refractivity contribution in [3.8, 4) is 0 Å². The van der Waals surface area contributed by atoms with Crippen molar-refractivity contribution in [2.45, 2.75) is 19.9 Å². The summed E-state index contributed by atoms with van der Waals surface area (Å²) >= 11 is 0. The predicted molar refractivity (Wildman–Crippen MR) is 72.1 cm³/mol. The molecule has 5 heteroatoms. The van der Waals surface area contributed by atoms with Crippen molar-refractivity contribution < 1.29 is 8.78 Å². The van der Waals surface area contributed by atoms with Crippen LogP contribution in [-0.4, -0.2) is 4.98 Å². The van der Waals surface area contributed by atoms with Gasteiger partial charge in [0.2, 0.25) is 0 Å². The molecular weight excluding hydrogens is 248 g/mol. The Morgan fingerprint density at radius 3 is 2.68 bits per heavy atom. The quantitative estimate of drug-likeness (QED) is 0.830. The Labute approximate surface area is 110 Å². The highest BCUT2D eigenvalue weighted by Crippen LogP contribution is 2.29. The van der Waals surface area contributed by atoms with Gasteiger partial charge in [-0.25, -0.2) is 8.78 Å². The standard InChI is InChI=1S/C14H15F2N3/c1-9-2-3-10(7-18-9)8-19-13-5-4-11(17)6-12(13)14(15)16/h2-7,14,19H,8,17H2,1H3. The van der Waals surface area contributed by atoms with Crippen LogP contribution < -0.4 is 11.1 Å². The molecule has 1 heterocycles. The van der Waals surface area contributed by atoms with Gasteiger partial charge < -0.3 is 11.1 Å². The van der Waals surface area contributed by atoms with Crippen LogP contribution in [0.25, 0.3) is 0 Å². The number of rotatable bonds is 4. The Morgan fingerprint density at radius 2 is 2.05 bits per heavy atom. The highest BCUT2D eigenvalue weighted by molar-refractivity contribution is 5.58. The van der Waals surface area contributed by atoms with E-state index in [0.29, 0.717) is 17.9 Å². The number of aromatic nitrogens is 1. The van der Waals surface area contributed by atoms with E-state index in [-0.39, 0.29) is 5.56 Å². The van der Waals surface area contributed by atoms with E-state index in [2.05, 4.69) is 10.3 Å². The molecule has 2 aromatic rings. The number of pyridine rings is 1. The maximum Gasteiger partial charge on any atom is 0.265 e. The van der Waals surface area contributed by atoms with Crippen molar-refractivity contribution >= 4 is 11.4 Å². The smallest absolute Gasteiger partial charge is 0.265 e. The molecule has 0 saturated heterocycles. The maximum atomic E-state index is 12.9. The summed E-state index contributed by atoms with van der Waals surface area (Å²) in [5.74, 6) is 0. The first-order valence-corrected chi connectivity index (χ1v) is 5.89. The molecule has 100 valence electrons. The van der Waals surface area contributed by atoms with E-state index in [1.807, 2.05) is 19.1 Å². The summed E-state index contributed by atoms with van der Waals surface area (Å²) in [6, 6.07) is 8.25. The first-order valence-electron chi connectivity index (χ1n) is 5.89. The first-order chi connectivity index (χ1) is 9.06. The van der Waals surface area contributed by atoms with Crippen LogP contribution in [0.4, 0.5) is 20.2 Å². The maximum absolute atomic E-state index is 12.9. The fourth-order valence-electron chi connectivity index (χ4n) is 1.72. The Bertz CT molecular complexity index is 553. The van der Waals surface area contributed by atoms with Crippen molar-refractivity contribution in [1.29, 1.82) is 0 Å². The van der Waals surface area contributed by atoms with Crippen LogP contribution in [0.5, 0.6) is 0 Å². The number of anilines is 2. The molecule has 0 bridgehead atoms. The fraction of sp³-hybridized carbons (Fsp3) is 0.214. The van der Waals surface area contributed by atoms with Gasteiger partial charge in [0.25, 0.3) is 6.43 Å². The van der Waals surface area contributed by atoms with Gasteiger partial charge >= 0.3 is 0 Å². The van der Waals surface area contributed by atoms with Crippen LogP contribution in [0.1, 0.15) is 23.2 Å². The molecule has 2 rings (SSSR count). The third-order valence-electron chi connectivity index (χ3n) is 2.77. The van der Waals surface area contributed by atoms with Gasteiger partial charge in [-0.15, -0.1) is 0 Å². The van der Waals surface area contributed by atoms with Crippen LogP contribution in [0.2, 0.25) is 0 Å². The Kier molecular flexibility index (Phi) is 3.94. The molecule has 3 N–H and O–H groups in total. The number of hydrogen-bond donors (Lipinski definition) is 2. The molecule has 0 atom stereocenters. The number of nitrogens with two attached hydrogens (primary N) is 1. The zero-order valence-corrected chi connectivity index (χ0v) is 10.5. The van der Waals surface area contributed by atoms with Gasteiger partial charge in [0.05, 0.1) is 0 Å². The third-order valence-corrected chi connectivity index (χ3v) is 2.77. The molecule has 0 aliphatic rings. The zero-order valence-electron chi connectivity index (χ0n) is 10.5. The van der Waals surface area contributed by atoms with E-state index in [9.17, 15) is 8.78 Å². The van der Waals surface area contributed by atoms with Gasteiger partial charge in [0.15, 0.2) is 0 Å². The third kappa shape index (κ3) is 3.40. The van der Waals surface area contributed by atoms with Crippen LogP contribution >= 0.6 is 0 Å². The minimum atomic E-state index is -2.55.